The number of aryl methyl sites for hydroxylation is 1. The first-order valence-electron chi connectivity index (χ1n) is 9.65. The van der Waals surface area contributed by atoms with Gasteiger partial charge in [-0.15, -0.1) is 11.8 Å². The molecule has 0 saturated heterocycles. The molecule has 0 saturated carbocycles. The molecule has 2 aromatic heterocycles. The lowest BCUT2D eigenvalue weighted by Crippen LogP contribution is -2.26. The largest absolute Gasteiger partial charge is 0.443 e. The molecule has 0 spiro atoms. The van der Waals surface area contributed by atoms with Crippen LogP contribution >= 0.6 is 11.8 Å². The van der Waals surface area contributed by atoms with Gasteiger partial charge in [0.05, 0.1) is 16.8 Å². The number of ketones is 1. The van der Waals surface area contributed by atoms with Gasteiger partial charge in [-0.2, -0.15) is 0 Å². The number of pyridine rings is 1. The maximum Gasteiger partial charge on any atom is 0.419 e. The molecule has 1 aliphatic heterocycles. The molecule has 6 nitrogen and oxygen atoms in total. The summed E-state index contributed by atoms with van der Waals surface area (Å²) in [5, 5.41) is 5.74. The molecule has 0 amide bonds. The number of rotatable bonds is 3. The molecule has 154 valence electrons. The second-order valence-corrected chi connectivity index (χ2v) is 9.20. The van der Waals surface area contributed by atoms with E-state index < -0.39 is 11.7 Å². The SMILES string of the molecule is Cc1ccc2c(C(=O)C3=CSC(c4cccnc4)N3)cn(C(=O)OC(C)(C)C)c2c1. The van der Waals surface area contributed by atoms with Crippen molar-refractivity contribution in [1.82, 2.24) is 14.9 Å². The van der Waals surface area contributed by atoms with E-state index in [1.165, 1.54) is 16.3 Å². The van der Waals surface area contributed by atoms with Crippen LogP contribution in [0, 0.1) is 6.92 Å². The van der Waals surface area contributed by atoms with Gasteiger partial charge in [0, 0.05) is 34.9 Å². The van der Waals surface area contributed by atoms with Crippen LogP contribution in [0.1, 0.15) is 47.6 Å². The summed E-state index contributed by atoms with van der Waals surface area (Å²) in [7, 11) is 0. The highest BCUT2D eigenvalue weighted by Gasteiger charge is 2.28. The third kappa shape index (κ3) is 3.98. The Labute approximate surface area is 179 Å². The fourth-order valence-electron chi connectivity index (χ4n) is 3.28. The lowest BCUT2D eigenvalue weighted by atomic mass is 10.1. The summed E-state index contributed by atoms with van der Waals surface area (Å²) in [6, 6.07) is 9.53. The van der Waals surface area contributed by atoms with Crippen molar-refractivity contribution in [1.29, 1.82) is 0 Å². The van der Waals surface area contributed by atoms with Gasteiger partial charge in [-0.05, 0) is 45.4 Å². The Morgan fingerprint density at radius 3 is 2.73 bits per heavy atom. The van der Waals surface area contributed by atoms with E-state index >= 15 is 0 Å². The van der Waals surface area contributed by atoms with Gasteiger partial charge < -0.3 is 10.1 Å². The maximum absolute atomic E-state index is 13.3. The molecule has 3 heterocycles. The van der Waals surface area contributed by atoms with Crippen LogP contribution in [0.4, 0.5) is 4.79 Å². The van der Waals surface area contributed by atoms with Gasteiger partial charge in [0.15, 0.2) is 0 Å². The number of allylic oxidation sites excluding steroid dienone is 1. The van der Waals surface area contributed by atoms with Gasteiger partial charge in [0.1, 0.15) is 11.0 Å². The van der Waals surface area contributed by atoms with Gasteiger partial charge in [0.25, 0.3) is 0 Å². The summed E-state index contributed by atoms with van der Waals surface area (Å²) >= 11 is 1.52. The number of aromatic nitrogens is 2. The fraction of sp³-hybridized carbons (Fsp3) is 0.261. The van der Waals surface area contributed by atoms with Crippen LogP contribution < -0.4 is 5.32 Å². The van der Waals surface area contributed by atoms with Crippen LogP contribution in [0.2, 0.25) is 0 Å². The molecular weight excluding hydrogens is 398 g/mol. The molecule has 0 bridgehead atoms. The summed E-state index contributed by atoms with van der Waals surface area (Å²) in [4.78, 5) is 30.2. The minimum Gasteiger partial charge on any atom is -0.443 e. The van der Waals surface area contributed by atoms with Gasteiger partial charge in [0.2, 0.25) is 5.78 Å². The number of Topliss-reactive ketones (excluding diaryl/α,β-unsaturated/α-hetero) is 1. The van der Waals surface area contributed by atoms with Crippen molar-refractivity contribution in [3.63, 3.8) is 0 Å². The van der Waals surface area contributed by atoms with Crippen LogP contribution in [0.15, 0.2) is 60.0 Å². The summed E-state index contributed by atoms with van der Waals surface area (Å²) in [6.07, 6.45) is 4.57. The zero-order valence-electron chi connectivity index (χ0n) is 17.3. The van der Waals surface area contributed by atoms with Crippen molar-refractivity contribution >= 4 is 34.5 Å². The van der Waals surface area contributed by atoms with E-state index in [2.05, 4.69) is 10.3 Å². The molecule has 7 heteroatoms. The number of nitrogens with one attached hydrogen (secondary N) is 1. The molecule has 1 aliphatic rings. The molecule has 30 heavy (non-hydrogen) atoms. The summed E-state index contributed by atoms with van der Waals surface area (Å²) < 4.78 is 6.96. The highest BCUT2D eigenvalue weighted by Crippen LogP contribution is 2.35. The maximum atomic E-state index is 13.3. The summed E-state index contributed by atoms with van der Waals surface area (Å²) in [5.74, 6) is -0.162. The number of hydrogen-bond acceptors (Lipinski definition) is 6. The predicted octanol–water partition coefficient (Wildman–Crippen LogP) is 5.19. The molecule has 1 atom stereocenters. The molecule has 1 unspecified atom stereocenters. The zero-order chi connectivity index (χ0) is 21.5. The molecular formula is C23H23N3O3S. The number of carbonyl (C=O) groups excluding carboxylic acids is 2. The second kappa shape index (κ2) is 7.65. The average molecular weight is 422 g/mol. The van der Waals surface area contributed by atoms with Crippen molar-refractivity contribution in [2.45, 2.75) is 38.7 Å². The number of fused-ring (bicyclic) bond motifs is 1. The van der Waals surface area contributed by atoms with Crippen molar-refractivity contribution in [2.75, 3.05) is 0 Å². The molecule has 3 aromatic rings. The third-order valence-corrected chi connectivity index (χ3v) is 5.67. The van der Waals surface area contributed by atoms with Gasteiger partial charge in [-0.1, -0.05) is 18.2 Å². The van der Waals surface area contributed by atoms with Crippen molar-refractivity contribution in [3.05, 3.63) is 76.7 Å². The van der Waals surface area contributed by atoms with Crippen molar-refractivity contribution in [3.8, 4) is 0 Å². The summed E-state index contributed by atoms with van der Waals surface area (Å²) in [6.45, 7) is 7.40. The van der Waals surface area contributed by atoms with E-state index in [0.29, 0.717) is 22.2 Å². The lowest BCUT2D eigenvalue weighted by molar-refractivity contribution is 0.0544. The summed E-state index contributed by atoms with van der Waals surface area (Å²) in [5.41, 5.74) is 2.97. The van der Waals surface area contributed by atoms with Crippen LogP contribution in [-0.2, 0) is 4.74 Å². The Morgan fingerprint density at radius 2 is 2.03 bits per heavy atom. The van der Waals surface area contributed by atoms with E-state index in [1.54, 1.807) is 18.6 Å². The van der Waals surface area contributed by atoms with Crippen molar-refractivity contribution < 1.29 is 14.3 Å². The molecule has 4 rings (SSSR count). The number of benzene rings is 1. The zero-order valence-corrected chi connectivity index (χ0v) is 18.1. The molecule has 0 fully saturated rings. The average Bonchev–Trinajstić information content (AvgIpc) is 3.32. The van der Waals surface area contributed by atoms with Gasteiger partial charge >= 0.3 is 6.09 Å². The van der Waals surface area contributed by atoms with Crippen LogP contribution in [0.25, 0.3) is 10.9 Å². The normalized spacial score (nSPS) is 16.3. The monoisotopic (exact) mass is 421 g/mol. The Kier molecular flexibility index (Phi) is 5.15. The molecule has 0 aliphatic carbocycles. The highest BCUT2D eigenvalue weighted by molar-refractivity contribution is 8.02. The van der Waals surface area contributed by atoms with Gasteiger partial charge in [-0.3, -0.25) is 14.3 Å². The Hall–Kier alpha value is -3.06. The van der Waals surface area contributed by atoms with Crippen LogP contribution in [0.5, 0.6) is 0 Å². The predicted molar refractivity (Wildman–Crippen MR) is 118 cm³/mol. The Bertz CT molecular complexity index is 1160. The number of thioether (sulfide) groups is 1. The minimum absolute atomic E-state index is 0.0703. The standard InChI is InChI=1S/C23H23N3O3S/c1-14-7-8-16-17(12-26(19(16)10-14)22(28)29-23(2,3)4)20(27)18-13-30-21(25-18)15-6-5-9-24-11-15/h5-13,21,25H,1-4H3. The smallest absolute Gasteiger partial charge is 0.419 e. The lowest BCUT2D eigenvalue weighted by Gasteiger charge is -2.19. The number of carbonyl (C=O) groups is 2. The minimum atomic E-state index is -0.634. The van der Waals surface area contributed by atoms with Crippen LogP contribution in [-0.4, -0.2) is 27.0 Å². The van der Waals surface area contributed by atoms with Crippen molar-refractivity contribution in [2.24, 2.45) is 0 Å². The second-order valence-electron chi connectivity index (χ2n) is 8.22. The van der Waals surface area contributed by atoms with E-state index in [1.807, 2.05) is 63.4 Å². The number of nitrogens with zero attached hydrogens (tertiary/aromatic N) is 2. The number of hydrogen-bond donors (Lipinski definition) is 1. The quantitative estimate of drug-likeness (QED) is 0.587. The third-order valence-electron chi connectivity index (χ3n) is 4.64. The van der Waals surface area contributed by atoms with Crippen LogP contribution in [0.3, 0.4) is 0 Å². The topological polar surface area (TPSA) is 73.2 Å². The fourth-order valence-corrected chi connectivity index (χ4v) is 4.22. The van der Waals surface area contributed by atoms with E-state index in [4.69, 9.17) is 4.74 Å². The molecule has 1 N–H and O–H groups in total. The molecule has 1 aromatic carbocycles. The number of ether oxygens (including phenoxy) is 1. The first kappa shape index (κ1) is 20.2. The first-order valence-corrected chi connectivity index (χ1v) is 10.6. The van der Waals surface area contributed by atoms with E-state index in [9.17, 15) is 9.59 Å². The van der Waals surface area contributed by atoms with Gasteiger partial charge in [-0.25, -0.2) is 4.79 Å². The highest BCUT2D eigenvalue weighted by atomic mass is 32.2. The Morgan fingerprint density at radius 1 is 1.23 bits per heavy atom. The Balaban J connectivity index is 1.67. The molecule has 0 radical (unpaired) electrons. The first-order chi connectivity index (χ1) is 14.2. The van der Waals surface area contributed by atoms with E-state index in [0.717, 1.165) is 11.1 Å². The van der Waals surface area contributed by atoms with E-state index in [-0.39, 0.29) is 11.2 Å².